The summed E-state index contributed by atoms with van der Waals surface area (Å²) in [7, 11) is 0. The third kappa shape index (κ3) is 4.15. The van der Waals surface area contributed by atoms with Crippen molar-refractivity contribution in [2.75, 3.05) is 13.2 Å². The number of carbonyl (C=O) groups excluding carboxylic acids is 1. The average Bonchev–Trinajstić information content (AvgIpc) is 3.16. The Morgan fingerprint density at radius 2 is 2.15 bits per heavy atom. The zero-order valence-electron chi connectivity index (χ0n) is 15.8. The fraction of sp³-hybridized carbons (Fsp3) is 0.524. The molecule has 146 valence electrons. The van der Waals surface area contributed by atoms with Crippen LogP contribution >= 0.6 is 0 Å². The van der Waals surface area contributed by atoms with Gasteiger partial charge in [-0.25, -0.2) is 4.39 Å². The highest BCUT2D eigenvalue weighted by molar-refractivity contribution is 5.79. The molecule has 3 rings (SSSR count). The lowest BCUT2D eigenvalue weighted by molar-refractivity contribution is -0.105. The van der Waals surface area contributed by atoms with Crippen LogP contribution in [0.4, 0.5) is 4.39 Å². The maximum absolute atomic E-state index is 14.3. The summed E-state index contributed by atoms with van der Waals surface area (Å²) in [6.07, 6.45) is 9.94. The van der Waals surface area contributed by atoms with Crippen LogP contribution in [0.25, 0.3) is 0 Å². The number of rotatable bonds is 4. The maximum Gasteiger partial charge on any atom is 0.293 e. The summed E-state index contributed by atoms with van der Waals surface area (Å²) in [6.45, 7) is 6.19. The first-order valence-electron chi connectivity index (χ1n) is 9.66. The molecule has 0 radical (unpaired) electrons. The molecule has 2 aliphatic rings. The molecule has 27 heavy (non-hydrogen) atoms. The van der Waals surface area contributed by atoms with E-state index in [0.29, 0.717) is 18.8 Å². The van der Waals surface area contributed by atoms with Crippen LogP contribution in [-0.2, 0) is 14.3 Å². The summed E-state index contributed by atoms with van der Waals surface area (Å²) in [6, 6.07) is 2.08. The molecule has 1 aromatic heterocycles. The van der Waals surface area contributed by atoms with Gasteiger partial charge in [0.15, 0.2) is 6.29 Å². The predicted molar refractivity (Wildman–Crippen MR) is 101 cm³/mol. The fourth-order valence-electron chi connectivity index (χ4n) is 4.03. The van der Waals surface area contributed by atoms with Crippen LogP contribution in [0.3, 0.4) is 0 Å². The molecule has 1 aromatic rings. The molecule has 1 saturated carbocycles. The SMILES string of the molecule is C=C/C=C(F)\C(C=O)=C1\OCC2CCCCC2c2ccnn2C(CC)CO1. The van der Waals surface area contributed by atoms with Gasteiger partial charge in [0.1, 0.15) is 18.0 Å². The molecule has 0 aromatic carbocycles. The van der Waals surface area contributed by atoms with Gasteiger partial charge in [0, 0.05) is 23.7 Å². The van der Waals surface area contributed by atoms with E-state index in [1.807, 2.05) is 10.9 Å². The lowest BCUT2D eigenvalue weighted by atomic mass is 9.77. The second-order valence-corrected chi connectivity index (χ2v) is 7.11. The summed E-state index contributed by atoms with van der Waals surface area (Å²) >= 11 is 0. The first-order chi connectivity index (χ1) is 13.2. The molecule has 1 aliphatic carbocycles. The van der Waals surface area contributed by atoms with E-state index < -0.39 is 5.83 Å². The number of carbonyl (C=O) groups is 1. The Labute approximate surface area is 159 Å². The highest BCUT2D eigenvalue weighted by Crippen LogP contribution is 2.40. The summed E-state index contributed by atoms with van der Waals surface area (Å²) in [5.41, 5.74) is 1.01. The van der Waals surface area contributed by atoms with Gasteiger partial charge in [-0.15, -0.1) is 0 Å². The van der Waals surface area contributed by atoms with Gasteiger partial charge in [0.2, 0.25) is 0 Å². The molecule has 0 N–H and O–H groups in total. The predicted octanol–water partition coefficient (Wildman–Crippen LogP) is 4.60. The molecular formula is C21H27FN2O3. The van der Waals surface area contributed by atoms with Gasteiger partial charge in [-0.1, -0.05) is 32.4 Å². The Bertz CT molecular complexity index is 738. The van der Waals surface area contributed by atoms with Crippen LogP contribution in [0.1, 0.15) is 56.7 Å². The average molecular weight is 374 g/mol. The highest BCUT2D eigenvalue weighted by Gasteiger charge is 2.32. The van der Waals surface area contributed by atoms with E-state index in [2.05, 4.69) is 24.7 Å². The van der Waals surface area contributed by atoms with E-state index in [4.69, 9.17) is 9.47 Å². The van der Waals surface area contributed by atoms with Crippen molar-refractivity contribution in [2.45, 2.75) is 51.0 Å². The van der Waals surface area contributed by atoms with E-state index in [1.165, 1.54) is 18.2 Å². The second-order valence-electron chi connectivity index (χ2n) is 7.11. The first-order valence-corrected chi connectivity index (χ1v) is 9.66. The van der Waals surface area contributed by atoms with Crippen molar-refractivity contribution in [3.63, 3.8) is 0 Å². The minimum absolute atomic E-state index is 0.00590. The summed E-state index contributed by atoms with van der Waals surface area (Å²) in [4.78, 5) is 11.5. The van der Waals surface area contributed by atoms with Gasteiger partial charge in [-0.05, 0) is 31.4 Å². The van der Waals surface area contributed by atoms with Crippen molar-refractivity contribution >= 4 is 6.29 Å². The Morgan fingerprint density at radius 3 is 2.89 bits per heavy atom. The van der Waals surface area contributed by atoms with Gasteiger partial charge < -0.3 is 9.47 Å². The maximum atomic E-state index is 14.3. The largest absolute Gasteiger partial charge is 0.465 e. The molecule has 5 nitrogen and oxygen atoms in total. The van der Waals surface area contributed by atoms with Crippen LogP contribution in [0.5, 0.6) is 0 Å². The molecular weight excluding hydrogens is 347 g/mol. The van der Waals surface area contributed by atoms with Crippen molar-refractivity contribution in [1.82, 2.24) is 9.78 Å². The Kier molecular flexibility index (Phi) is 6.48. The molecule has 0 saturated heterocycles. The van der Waals surface area contributed by atoms with Crippen molar-refractivity contribution in [3.05, 3.63) is 54.0 Å². The number of allylic oxidation sites excluding steroid dienone is 4. The number of hydrogen-bond acceptors (Lipinski definition) is 4. The highest BCUT2D eigenvalue weighted by atomic mass is 19.1. The number of halogens is 1. The van der Waals surface area contributed by atoms with Crippen molar-refractivity contribution in [2.24, 2.45) is 5.92 Å². The molecule has 0 amide bonds. The summed E-state index contributed by atoms with van der Waals surface area (Å²) < 4.78 is 28.0. The normalized spacial score (nSPS) is 28.1. The number of fused-ring (bicyclic) bond motifs is 3. The Hall–Kier alpha value is -2.37. The quantitative estimate of drug-likeness (QED) is 0.439. The van der Waals surface area contributed by atoms with E-state index >= 15 is 0 Å². The topological polar surface area (TPSA) is 53.3 Å². The van der Waals surface area contributed by atoms with Gasteiger partial charge in [-0.2, -0.15) is 5.10 Å². The third-order valence-corrected chi connectivity index (χ3v) is 5.50. The van der Waals surface area contributed by atoms with Gasteiger partial charge in [-0.3, -0.25) is 9.48 Å². The molecule has 3 unspecified atom stereocenters. The first kappa shape index (κ1) is 19.4. The summed E-state index contributed by atoms with van der Waals surface area (Å²) in [5, 5.41) is 4.54. The van der Waals surface area contributed by atoms with E-state index in [1.54, 1.807) is 0 Å². The van der Waals surface area contributed by atoms with E-state index in [0.717, 1.165) is 31.8 Å². The van der Waals surface area contributed by atoms with E-state index in [9.17, 15) is 9.18 Å². The second kappa shape index (κ2) is 9.02. The molecule has 1 fully saturated rings. The van der Waals surface area contributed by atoms with Crippen LogP contribution in [0, 0.1) is 5.92 Å². The molecule has 6 heteroatoms. The Morgan fingerprint density at radius 1 is 1.37 bits per heavy atom. The standard InChI is InChI=1S/C21H27FN2O3/c1-3-7-19(22)18(12-25)21-26-13-15-8-5-6-9-17(15)20-10-11-23-24(20)16(4-2)14-27-21/h3,7,10-12,15-17H,1,4-6,8-9,13-14H2,2H3/b19-7+,21-18-. The number of ether oxygens (including phenoxy) is 2. The molecule has 0 spiro atoms. The van der Waals surface area contributed by atoms with Crippen molar-refractivity contribution < 1.29 is 18.7 Å². The number of hydrogen-bond donors (Lipinski definition) is 0. The van der Waals surface area contributed by atoms with Crippen LogP contribution in [-0.4, -0.2) is 29.3 Å². The number of aromatic nitrogens is 2. The van der Waals surface area contributed by atoms with Gasteiger partial charge in [0.25, 0.3) is 5.95 Å². The lowest BCUT2D eigenvalue weighted by Gasteiger charge is -2.34. The minimum Gasteiger partial charge on any atom is -0.465 e. The van der Waals surface area contributed by atoms with Crippen molar-refractivity contribution in [3.8, 4) is 0 Å². The third-order valence-electron chi connectivity index (χ3n) is 5.50. The zero-order chi connectivity index (χ0) is 19.2. The monoisotopic (exact) mass is 374 g/mol. The summed E-state index contributed by atoms with van der Waals surface area (Å²) in [5.74, 6) is -0.121. The molecule has 2 heterocycles. The molecule has 0 bridgehead atoms. The van der Waals surface area contributed by atoms with Crippen LogP contribution in [0.2, 0.25) is 0 Å². The van der Waals surface area contributed by atoms with E-state index in [-0.39, 0.29) is 30.1 Å². The number of aldehydes is 1. The van der Waals surface area contributed by atoms with Gasteiger partial charge in [0.05, 0.1) is 12.6 Å². The van der Waals surface area contributed by atoms with Crippen molar-refractivity contribution in [1.29, 1.82) is 0 Å². The van der Waals surface area contributed by atoms with Crippen LogP contribution < -0.4 is 0 Å². The smallest absolute Gasteiger partial charge is 0.293 e. The van der Waals surface area contributed by atoms with Crippen LogP contribution in [0.15, 0.2) is 48.3 Å². The molecule has 3 atom stereocenters. The number of nitrogens with zero attached hydrogens (tertiary/aromatic N) is 2. The zero-order valence-corrected chi connectivity index (χ0v) is 15.8. The lowest BCUT2D eigenvalue weighted by Crippen LogP contribution is -2.29. The van der Waals surface area contributed by atoms with Gasteiger partial charge >= 0.3 is 0 Å². The Balaban J connectivity index is 2.00. The minimum atomic E-state index is -0.708. The fourth-order valence-corrected chi connectivity index (χ4v) is 4.03. The molecule has 1 aliphatic heterocycles.